The molecule has 1 rings (SSSR count). The number of anilines is 2. The molecular weight excluding hydrogens is 224 g/mol. The lowest BCUT2D eigenvalue weighted by Crippen LogP contribution is -2.33. The highest BCUT2D eigenvalue weighted by Gasteiger charge is 2.22. The van der Waals surface area contributed by atoms with Crippen LogP contribution in [0.15, 0.2) is 24.3 Å². The zero-order valence-electron chi connectivity index (χ0n) is 11.6. The van der Waals surface area contributed by atoms with Gasteiger partial charge in [-0.15, -0.1) is 0 Å². The second-order valence-electron chi connectivity index (χ2n) is 4.73. The minimum Gasteiger partial charge on any atom is -0.397 e. The maximum absolute atomic E-state index is 12.4. The second kappa shape index (κ2) is 7.04. The summed E-state index contributed by atoms with van der Waals surface area (Å²) in [5.41, 5.74) is 7.37. The van der Waals surface area contributed by atoms with E-state index in [1.54, 1.807) is 4.90 Å². The normalized spacial score (nSPS) is 10.7. The van der Waals surface area contributed by atoms with E-state index in [4.69, 9.17) is 5.73 Å². The van der Waals surface area contributed by atoms with Gasteiger partial charge in [0.05, 0.1) is 11.4 Å². The van der Waals surface area contributed by atoms with Crippen LogP contribution in [0.1, 0.15) is 39.5 Å². The van der Waals surface area contributed by atoms with E-state index in [0.29, 0.717) is 5.69 Å². The molecule has 0 radical (unpaired) electrons. The van der Waals surface area contributed by atoms with Crippen molar-refractivity contribution in [2.75, 3.05) is 17.7 Å². The molecule has 18 heavy (non-hydrogen) atoms. The molecule has 0 bridgehead atoms. The Morgan fingerprint density at radius 3 is 2.28 bits per heavy atom. The molecule has 0 aliphatic heterocycles. The number of hydrogen-bond acceptors (Lipinski definition) is 2. The summed E-state index contributed by atoms with van der Waals surface area (Å²) in [6.07, 6.45) is 3.97. The van der Waals surface area contributed by atoms with Gasteiger partial charge < -0.3 is 10.6 Å². The molecule has 0 atom stereocenters. The summed E-state index contributed by atoms with van der Waals surface area (Å²) in [6, 6.07) is 7.51. The quantitative estimate of drug-likeness (QED) is 0.784. The molecule has 0 saturated carbocycles. The van der Waals surface area contributed by atoms with Crippen LogP contribution in [0.4, 0.5) is 11.4 Å². The average Bonchev–Trinajstić information content (AvgIpc) is 2.37. The number of nitrogens with zero attached hydrogens (tertiary/aromatic N) is 1. The fourth-order valence-electron chi connectivity index (χ4n) is 2.27. The fourth-order valence-corrected chi connectivity index (χ4v) is 2.27. The smallest absolute Gasteiger partial charge is 0.229 e. The molecule has 1 aromatic carbocycles. The number of para-hydroxylation sites is 2. The lowest BCUT2D eigenvalue weighted by Gasteiger charge is -2.24. The summed E-state index contributed by atoms with van der Waals surface area (Å²) >= 11 is 0. The summed E-state index contributed by atoms with van der Waals surface area (Å²) < 4.78 is 0. The van der Waals surface area contributed by atoms with Crippen molar-refractivity contribution >= 4 is 17.3 Å². The van der Waals surface area contributed by atoms with Crippen molar-refractivity contribution in [3.8, 4) is 0 Å². The molecule has 0 heterocycles. The van der Waals surface area contributed by atoms with Crippen molar-refractivity contribution in [2.24, 2.45) is 5.92 Å². The lowest BCUT2D eigenvalue weighted by atomic mass is 9.96. The number of hydrogen-bond donors (Lipinski definition) is 1. The molecule has 0 aliphatic carbocycles. The molecule has 0 saturated heterocycles. The van der Waals surface area contributed by atoms with Crippen LogP contribution in [-0.4, -0.2) is 13.0 Å². The summed E-state index contributed by atoms with van der Waals surface area (Å²) in [6.45, 7) is 4.24. The average molecular weight is 248 g/mol. The van der Waals surface area contributed by atoms with Crippen LogP contribution in [-0.2, 0) is 4.79 Å². The van der Waals surface area contributed by atoms with Crippen LogP contribution in [0.2, 0.25) is 0 Å². The monoisotopic (exact) mass is 248 g/mol. The van der Waals surface area contributed by atoms with Crippen LogP contribution >= 0.6 is 0 Å². The summed E-state index contributed by atoms with van der Waals surface area (Å²) in [7, 11) is 1.81. The highest BCUT2D eigenvalue weighted by molar-refractivity contribution is 5.97. The van der Waals surface area contributed by atoms with E-state index in [1.807, 2.05) is 31.3 Å². The Morgan fingerprint density at radius 2 is 1.78 bits per heavy atom. The minimum absolute atomic E-state index is 0.115. The summed E-state index contributed by atoms with van der Waals surface area (Å²) in [5, 5.41) is 0. The van der Waals surface area contributed by atoms with Crippen molar-refractivity contribution < 1.29 is 4.79 Å². The van der Waals surface area contributed by atoms with Gasteiger partial charge in [0.1, 0.15) is 0 Å². The number of rotatable bonds is 6. The summed E-state index contributed by atoms with van der Waals surface area (Å²) in [4.78, 5) is 14.1. The first-order valence-corrected chi connectivity index (χ1v) is 6.73. The Kier molecular flexibility index (Phi) is 5.69. The van der Waals surface area contributed by atoms with E-state index >= 15 is 0 Å². The van der Waals surface area contributed by atoms with E-state index in [9.17, 15) is 4.79 Å². The number of benzene rings is 1. The Balaban J connectivity index is 2.84. The molecule has 0 aliphatic rings. The van der Waals surface area contributed by atoms with Gasteiger partial charge in [-0.3, -0.25) is 4.79 Å². The van der Waals surface area contributed by atoms with Crippen LogP contribution in [0, 0.1) is 5.92 Å². The van der Waals surface area contributed by atoms with Gasteiger partial charge in [-0.1, -0.05) is 38.8 Å². The van der Waals surface area contributed by atoms with E-state index in [1.165, 1.54) is 0 Å². The van der Waals surface area contributed by atoms with Crippen LogP contribution in [0.3, 0.4) is 0 Å². The third-order valence-corrected chi connectivity index (χ3v) is 3.25. The first-order chi connectivity index (χ1) is 8.61. The number of nitrogens with two attached hydrogens (primary N) is 1. The Hall–Kier alpha value is -1.51. The Labute approximate surface area is 110 Å². The molecule has 0 unspecified atom stereocenters. The van der Waals surface area contributed by atoms with Gasteiger partial charge in [0.15, 0.2) is 0 Å². The van der Waals surface area contributed by atoms with Crippen LogP contribution in [0.5, 0.6) is 0 Å². The largest absolute Gasteiger partial charge is 0.397 e. The molecule has 1 aromatic rings. The maximum atomic E-state index is 12.4. The fraction of sp³-hybridized carbons (Fsp3) is 0.533. The number of carbonyl (C=O) groups excluding carboxylic acids is 1. The molecule has 0 aromatic heterocycles. The number of nitrogen functional groups attached to an aromatic ring is 1. The van der Waals surface area contributed by atoms with Gasteiger partial charge >= 0.3 is 0 Å². The summed E-state index contributed by atoms with van der Waals surface area (Å²) in [5.74, 6) is 0.293. The molecule has 3 heteroatoms. The Morgan fingerprint density at radius 1 is 1.22 bits per heavy atom. The SMILES string of the molecule is CCCC(CCC)C(=O)N(C)c1ccccc1N. The standard InChI is InChI=1S/C15H24N2O/c1-4-8-12(9-5-2)15(18)17(3)14-11-7-6-10-13(14)16/h6-7,10-12H,4-5,8-9,16H2,1-3H3. The van der Waals surface area contributed by atoms with Crippen molar-refractivity contribution in [3.63, 3.8) is 0 Å². The topological polar surface area (TPSA) is 46.3 Å². The highest BCUT2D eigenvalue weighted by atomic mass is 16.2. The Bertz CT molecular complexity index is 384. The molecule has 3 nitrogen and oxygen atoms in total. The van der Waals surface area contributed by atoms with E-state index < -0.39 is 0 Å². The van der Waals surface area contributed by atoms with Crippen molar-refractivity contribution in [1.29, 1.82) is 0 Å². The molecule has 2 N–H and O–H groups in total. The number of carbonyl (C=O) groups is 1. The van der Waals surface area contributed by atoms with Gasteiger partial charge in [0.25, 0.3) is 0 Å². The third kappa shape index (κ3) is 3.49. The predicted molar refractivity (Wildman–Crippen MR) is 77.6 cm³/mol. The van der Waals surface area contributed by atoms with E-state index in [2.05, 4.69) is 13.8 Å². The van der Waals surface area contributed by atoms with Gasteiger partial charge in [-0.2, -0.15) is 0 Å². The van der Waals surface area contributed by atoms with Crippen LogP contribution in [0.25, 0.3) is 0 Å². The maximum Gasteiger partial charge on any atom is 0.229 e. The van der Waals surface area contributed by atoms with Crippen LogP contribution < -0.4 is 10.6 Å². The molecule has 0 spiro atoms. The molecule has 1 amide bonds. The van der Waals surface area contributed by atoms with Gasteiger partial charge in [0, 0.05) is 13.0 Å². The van der Waals surface area contributed by atoms with Crippen molar-refractivity contribution in [3.05, 3.63) is 24.3 Å². The molecule has 100 valence electrons. The minimum atomic E-state index is 0.115. The highest BCUT2D eigenvalue weighted by Crippen LogP contribution is 2.25. The van der Waals surface area contributed by atoms with Gasteiger partial charge in [-0.25, -0.2) is 0 Å². The predicted octanol–water partition coefficient (Wildman–Crippen LogP) is 3.45. The number of amides is 1. The molecule has 0 fully saturated rings. The van der Waals surface area contributed by atoms with Crippen molar-refractivity contribution in [1.82, 2.24) is 0 Å². The van der Waals surface area contributed by atoms with E-state index in [-0.39, 0.29) is 11.8 Å². The first-order valence-electron chi connectivity index (χ1n) is 6.73. The first kappa shape index (κ1) is 14.6. The third-order valence-electron chi connectivity index (χ3n) is 3.25. The second-order valence-corrected chi connectivity index (χ2v) is 4.73. The van der Waals surface area contributed by atoms with Gasteiger partial charge in [0.2, 0.25) is 5.91 Å². The molecular formula is C15H24N2O. The van der Waals surface area contributed by atoms with E-state index in [0.717, 1.165) is 31.4 Å². The zero-order valence-corrected chi connectivity index (χ0v) is 11.6. The van der Waals surface area contributed by atoms with Gasteiger partial charge in [-0.05, 0) is 25.0 Å². The lowest BCUT2D eigenvalue weighted by molar-refractivity contribution is -0.122. The van der Waals surface area contributed by atoms with Crippen molar-refractivity contribution in [2.45, 2.75) is 39.5 Å². The zero-order chi connectivity index (χ0) is 13.5.